The van der Waals surface area contributed by atoms with Gasteiger partial charge < -0.3 is 14.1 Å². The molecule has 0 saturated carbocycles. The molecule has 0 amide bonds. The zero-order valence-corrected chi connectivity index (χ0v) is 10.2. The fraction of sp³-hybridized carbons (Fsp3) is 0.333. The summed E-state index contributed by atoms with van der Waals surface area (Å²) in [4.78, 5) is 15.5. The van der Waals surface area contributed by atoms with Crippen LogP contribution in [0.25, 0.3) is 11.5 Å². The number of carboxylic acids is 1. The van der Waals surface area contributed by atoms with Crippen molar-refractivity contribution in [2.45, 2.75) is 25.3 Å². The van der Waals surface area contributed by atoms with Gasteiger partial charge in [-0.1, -0.05) is 0 Å². The topological polar surface area (TPSA) is 68.3 Å². The van der Waals surface area contributed by atoms with E-state index in [-0.39, 0.29) is 0 Å². The Bertz CT molecular complexity index is 602. The molecule has 6 heteroatoms. The third-order valence-electron chi connectivity index (χ3n) is 3.13. The summed E-state index contributed by atoms with van der Waals surface area (Å²) in [5.74, 6) is -0.203. The van der Waals surface area contributed by atoms with E-state index in [1.165, 1.54) is 0 Å². The molecule has 0 spiro atoms. The summed E-state index contributed by atoms with van der Waals surface area (Å²) < 4.78 is 7.17. The fourth-order valence-corrected chi connectivity index (χ4v) is 2.43. The zero-order valence-electron chi connectivity index (χ0n) is 9.47. The highest BCUT2D eigenvalue weighted by Crippen LogP contribution is 2.31. The quantitative estimate of drug-likeness (QED) is 0.907. The minimum atomic E-state index is -0.828. The summed E-state index contributed by atoms with van der Waals surface area (Å²) in [7, 11) is 0. The first-order valence-electron chi connectivity index (χ1n) is 5.71. The maximum atomic E-state index is 11.2. The molecule has 94 valence electrons. The number of aryl methyl sites for hydroxylation is 1. The average Bonchev–Trinajstić information content (AvgIpc) is 2.93. The lowest BCUT2D eigenvalue weighted by Gasteiger charge is -2.19. The lowest BCUT2D eigenvalue weighted by Crippen LogP contribution is -2.21. The molecule has 0 aromatic carbocycles. The SMILES string of the molecule is O=C(O)C1CCCn2cc(-c3ccc(Cl)o3)nc21. The van der Waals surface area contributed by atoms with Gasteiger partial charge in [-0.05, 0) is 36.6 Å². The van der Waals surface area contributed by atoms with Gasteiger partial charge in [0.15, 0.2) is 11.0 Å². The van der Waals surface area contributed by atoms with Crippen LogP contribution in [0.2, 0.25) is 5.22 Å². The summed E-state index contributed by atoms with van der Waals surface area (Å²) in [6.45, 7) is 0.792. The number of nitrogens with zero attached hydrogens (tertiary/aromatic N) is 2. The second-order valence-corrected chi connectivity index (χ2v) is 4.69. The first-order chi connectivity index (χ1) is 8.65. The van der Waals surface area contributed by atoms with E-state index in [0.29, 0.717) is 28.9 Å². The summed E-state index contributed by atoms with van der Waals surface area (Å²) >= 11 is 5.72. The lowest BCUT2D eigenvalue weighted by molar-refractivity contribution is -0.139. The molecular formula is C12H11ClN2O3. The third kappa shape index (κ3) is 1.80. The van der Waals surface area contributed by atoms with Gasteiger partial charge in [-0.3, -0.25) is 4.79 Å². The first-order valence-corrected chi connectivity index (χ1v) is 6.08. The smallest absolute Gasteiger partial charge is 0.314 e. The number of halogens is 1. The van der Waals surface area contributed by atoms with Crippen LogP contribution in [0.3, 0.4) is 0 Å². The van der Waals surface area contributed by atoms with Crippen LogP contribution in [0.5, 0.6) is 0 Å². The molecule has 1 atom stereocenters. The van der Waals surface area contributed by atoms with Crippen molar-refractivity contribution >= 4 is 17.6 Å². The number of carbonyl (C=O) groups is 1. The van der Waals surface area contributed by atoms with Gasteiger partial charge in [0, 0.05) is 12.7 Å². The van der Waals surface area contributed by atoms with Crippen LogP contribution >= 0.6 is 11.6 Å². The van der Waals surface area contributed by atoms with Gasteiger partial charge >= 0.3 is 5.97 Å². The molecule has 0 saturated heterocycles. The molecule has 0 fully saturated rings. The number of carboxylic acid groups (broad SMARTS) is 1. The van der Waals surface area contributed by atoms with E-state index in [9.17, 15) is 9.90 Å². The largest absolute Gasteiger partial charge is 0.481 e. The van der Waals surface area contributed by atoms with Gasteiger partial charge in [-0.2, -0.15) is 0 Å². The van der Waals surface area contributed by atoms with Gasteiger partial charge in [0.2, 0.25) is 0 Å². The van der Waals surface area contributed by atoms with E-state index in [2.05, 4.69) is 4.98 Å². The number of fused-ring (bicyclic) bond motifs is 1. The van der Waals surface area contributed by atoms with E-state index in [1.54, 1.807) is 12.1 Å². The van der Waals surface area contributed by atoms with Crippen molar-refractivity contribution < 1.29 is 14.3 Å². The predicted octanol–water partition coefficient (Wildman–Crippen LogP) is 2.76. The van der Waals surface area contributed by atoms with Crippen LogP contribution in [-0.2, 0) is 11.3 Å². The van der Waals surface area contributed by atoms with Crippen molar-refractivity contribution in [1.29, 1.82) is 0 Å². The third-order valence-corrected chi connectivity index (χ3v) is 3.34. The van der Waals surface area contributed by atoms with Crippen LogP contribution < -0.4 is 0 Å². The van der Waals surface area contributed by atoms with E-state index in [1.807, 2.05) is 10.8 Å². The van der Waals surface area contributed by atoms with Gasteiger partial charge in [-0.25, -0.2) is 4.98 Å². The summed E-state index contributed by atoms with van der Waals surface area (Å²) in [5.41, 5.74) is 0.630. The number of aliphatic carboxylic acids is 1. The Hall–Kier alpha value is -1.75. The van der Waals surface area contributed by atoms with E-state index in [4.69, 9.17) is 16.0 Å². The molecule has 1 N–H and O–H groups in total. The molecule has 0 bridgehead atoms. The van der Waals surface area contributed by atoms with E-state index >= 15 is 0 Å². The van der Waals surface area contributed by atoms with Crippen molar-refractivity contribution in [3.63, 3.8) is 0 Å². The van der Waals surface area contributed by atoms with E-state index in [0.717, 1.165) is 13.0 Å². The van der Waals surface area contributed by atoms with Crippen LogP contribution in [0, 0.1) is 0 Å². The van der Waals surface area contributed by atoms with Crippen molar-refractivity contribution in [3.8, 4) is 11.5 Å². The summed E-state index contributed by atoms with van der Waals surface area (Å²) in [6, 6.07) is 3.37. The molecule has 1 unspecified atom stereocenters. The Kier molecular flexibility index (Phi) is 2.63. The molecule has 2 aromatic heterocycles. The maximum absolute atomic E-state index is 11.2. The predicted molar refractivity (Wildman–Crippen MR) is 64.5 cm³/mol. The van der Waals surface area contributed by atoms with Gasteiger partial charge in [0.05, 0.1) is 0 Å². The average molecular weight is 267 g/mol. The van der Waals surface area contributed by atoms with Crippen LogP contribution in [0.1, 0.15) is 24.6 Å². The van der Waals surface area contributed by atoms with E-state index < -0.39 is 11.9 Å². The minimum absolute atomic E-state index is 0.297. The van der Waals surface area contributed by atoms with Crippen LogP contribution in [0.15, 0.2) is 22.7 Å². The Morgan fingerprint density at radius 2 is 2.39 bits per heavy atom. The molecular weight excluding hydrogens is 256 g/mol. The highest BCUT2D eigenvalue weighted by molar-refractivity contribution is 6.28. The molecule has 0 radical (unpaired) electrons. The standard InChI is InChI=1S/C12H11ClN2O3/c13-10-4-3-9(18-10)8-6-15-5-1-2-7(12(16)17)11(15)14-8/h3-4,6-7H,1-2,5H2,(H,16,17). The van der Waals surface area contributed by atoms with Gasteiger partial charge in [-0.15, -0.1) is 0 Å². The van der Waals surface area contributed by atoms with Gasteiger partial charge in [0.25, 0.3) is 0 Å². The second-order valence-electron chi connectivity index (χ2n) is 4.31. The number of hydrogen-bond donors (Lipinski definition) is 1. The molecule has 2 aromatic rings. The van der Waals surface area contributed by atoms with Crippen molar-refractivity contribution in [3.05, 3.63) is 29.4 Å². The number of aromatic nitrogens is 2. The molecule has 0 aliphatic carbocycles. The fourth-order valence-electron chi connectivity index (χ4n) is 2.29. The summed E-state index contributed by atoms with van der Waals surface area (Å²) in [5, 5.41) is 9.47. The normalized spacial score (nSPS) is 18.6. The number of hydrogen-bond acceptors (Lipinski definition) is 3. The van der Waals surface area contributed by atoms with Crippen LogP contribution in [0.4, 0.5) is 0 Å². The Balaban J connectivity index is 2.03. The monoisotopic (exact) mass is 266 g/mol. The molecule has 3 heterocycles. The Labute approximate surface area is 108 Å². The molecule has 18 heavy (non-hydrogen) atoms. The first kappa shape index (κ1) is 11.3. The van der Waals surface area contributed by atoms with Crippen molar-refractivity contribution in [2.24, 2.45) is 0 Å². The highest BCUT2D eigenvalue weighted by Gasteiger charge is 2.29. The Morgan fingerprint density at radius 1 is 1.56 bits per heavy atom. The van der Waals surface area contributed by atoms with Gasteiger partial charge in [0.1, 0.15) is 17.4 Å². The Morgan fingerprint density at radius 3 is 3.06 bits per heavy atom. The number of rotatable bonds is 2. The zero-order chi connectivity index (χ0) is 12.7. The lowest BCUT2D eigenvalue weighted by atomic mass is 9.99. The van der Waals surface area contributed by atoms with Crippen LogP contribution in [-0.4, -0.2) is 20.6 Å². The molecule has 3 rings (SSSR count). The highest BCUT2D eigenvalue weighted by atomic mass is 35.5. The summed E-state index contributed by atoms with van der Waals surface area (Å²) in [6.07, 6.45) is 3.29. The molecule has 1 aliphatic heterocycles. The molecule has 1 aliphatic rings. The molecule has 5 nitrogen and oxygen atoms in total. The maximum Gasteiger partial charge on any atom is 0.314 e. The van der Waals surface area contributed by atoms with Crippen molar-refractivity contribution in [2.75, 3.05) is 0 Å². The number of imidazole rings is 1. The van der Waals surface area contributed by atoms with Crippen molar-refractivity contribution in [1.82, 2.24) is 9.55 Å². The second kappa shape index (κ2) is 4.17. The number of furan rings is 1. The minimum Gasteiger partial charge on any atom is -0.481 e.